The number of aliphatic hydroxyl groups is 4. The number of phenols is 1. The van der Waals surface area contributed by atoms with E-state index in [2.05, 4.69) is 4.98 Å². The van der Waals surface area contributed by atoms with Crippen LogP contribution in [0.15, 0.2) is 29.1 Å². The molecule has 9 nitrogen and oxygen atoms in total. The van der Waals surface area contributed by atoms with E-state index >= 15 is 0 Å². The molecule has 0 bridgehead atoms. The van der Waals surface area contributed by atoms with Crippen molar-refractivity contribution in [2.24, 2.45) is 0 Å². The molecule has 26 heavy (non-hydrogen) atoms. The Morgan fingerprint density at radius 2 is 1.96 bits per heavy atom. The van der Waals surface area contributed by atoms with Crippen molar-refractivity contribution in [1.29, 1.82) is 0 Å². The first kappa shape index (κ1) is 18.7. The highest BCUT2D eigenvalue weighted by atomic mass is 32.1. The summed E-state index contributed by atoms with van der Waals surface area (Å²) in [4.78, 5) is 16.2. The summed E-state index contributed by atoms with van der Waals surface area (Å²) >= 11 is 1.36. The van der Waals surface area contributed by atoms with E-state index in [-0.39, 0.29) is 29.3 Å². The van der Waals surface area contributed by atoms with Gasteiger partial charge in [-0.1, -0.05) is 0 Å². The number of nitrogens with zero attached hydrogens (tertiary/aromatic N) is 1. The van der Waals surface area contributed by atoms with Gasteiger partial charge in [-0.15, -0.1) is 11.3 Å². The average molecular weight is 383 g/mol. The van der Waals surface area contributed by atoms with Crippen LogP contribution in [0.4, 0.5) is 0 Å². The van der Waals surface area contributed by atoms with Crippen molar-refractivity contribution in [2.75, 3.05) is 0 Å². The highest BCUT2D eigenvalue weighted by Gasteiger charge is 2.44. The van der Waals surface area contributed by atoms with E-state index in [1.807, 2.05) is 0 Å². The Hall–Kier alpha value is -2.08. The van der Waals surface area contributed by atoms with Crippen LogP contribution in [-0.4, -0.2) is 67.2 Å². The first-order valence-electron chi connectivity index (χ1n) is 7.64. The van der Waals surface area contributed by atoms with Gasteiger partial charge in [-0.25, -0.2) is 4.98 Å². The minimum Gasteiger partial charge on any atom is -0.507 e. The van der Waals surface area contributed by atoms with Crippen molar-refractivity contribution in [3.05, 3.63) is 40.3 Å². The molecule has 5 N–H and O–H groups in total. The van der Waals surface area contributed by atoms with Gasteiger partial charge in [-0.2, -0.15) is 0 Å². The molecule has 1 aromatic heterocycles. The molecule has 1 saturated heterocycles. The zero-order chi connectivity index (χ0) is 18.8. The lowest BCUT2D eigenvalue weighted by Gasteiger charge is -2.37. The molecule has 0 saturated carbocycles. The molecule has 2 heterocycles. The van der Waals surface area contributed by atoms with E-state index in [1.54, 1.807) is 10.9 Å². The number of phenolic OH excluding ortho intramolecular Hbond substituents is 1. The number of benzene rings is 1. The molecule has 0 spiro atoms. The fourth-order valence-electron chi connectivity index (χ4n) is 2.47. The SMILES string of the molecule is O=C(Cc1cscn1)c1ccc(OC2OC(O)C(O)C(O)C2O)cc1O. The molecular weight excluding hydrogens is 366 g/mol. The second kappa shape index (κ2) is 7.66. The summed E-state index contributed by atoms with van der Waals surface area (Å²) in [6.45, 7) is 0. The molecule has 10 heteroatoms. The molecule has 1 aliphatic rings. The van der Waals surface area contributed by atoms with Crippen molar-refractivity contribution in [3.63, 3.8) is 0 Å². The number of hydrogen-bond acceptors (Lipinski definition) is 10. The summed E-state index contributed by atoms with van der Waals surface area (Å²) < 4.78 is 10.2. The maximum Gasteiger partial charge on any atom is 0.231 e. The number of aliphatic hydroxyl groups excluding tert-OH is 4. The lowest BCUT2D eigenvalue weighted by molar-refractivity contribution is -0.321. The number of carbonyl (C=O) groups is 1. The van der Waals surface area contributed by atoms with Crippen molar-refractivity contribution in [1.82, 2.24) is 4.98 Å². The van der Waals surface area contributed by atoms with E-state index < -0.39 is 30.9 Å². The lowest BCUT2D eigenvalue weighted by Crippen LogP contribution is -2.59. The van der Waals surface area contributed by atoms with Crippen molar-refractivity contribution >= 4 is 17.1 Å². The van der Waals surface area contributed by atoms with Crippen molar-refractivity contribution in [2.45, 2.75) is 37.3 Å². The van der Waals surface area contributed by atoms with Crippen LogP contribution in [0, 0.1) is 0 Å². The van der Waals surface area contributed by atoms with Gasteiger partial charge in [0.25, 0.3) is 0 Å². The van der Waals surface area contributed by atoms with Gasteiger partial charge in [0.1, 0.15) is 29.8 Å². The summed E-state index contributed by atoms with van der Waals surface area (Å²) in [6, 6.07) is 3.86. The molecule has 1 fully saturated rings. The normalized spacial score (nSPS) is 28.7. The average Bonchev–Trinajstić information content (AvgIpc) is 3.10. The zero-order valence-corrected chi connectivity index (χ0v) is 14.1. The van der Waals surface area contributed by atoms with Gasteiger partial charge in [0, 0.05) is 11.4 Å². The van der Waals surface area contributed by atoms with E-state index in [0.29, 0.717) is 5.69 Å². The summed E-state index contributed by atoms with van der Waals surface area (Å²) in [5.41, 5.74) is 2.28. The Bertz CT molecular complexity index is 768. The molecule has 2 aromatic rings. The highest BCUT2D eigenvalue weighted by molar-refractivity contribution is 7.07. The van der Waals surface area contributed by atoms with Crippen LogP contribution >= 0.6 is 11.3 Å². The van der Waals surface area contributed by atoms with E-state index in [9.17, 15) is 30.3 Å². The molecule has 0 radical (unpaired) electrons. The number of thiazole rings is 1. The van der Waals surface area contributed by atoms with Gasteiger partial charge < -0.3 is 35.0 Å². The summed E-state index contributed by atoms with van der Waals surface area (Å²) in [5.74, 6) is -0.635. The van der Waals surface area contributed by atoms with Crippen LogP contribution in [0.25, 0.3) is 0 Å². The Morgan fingerprint density at radius 3 is 2.62 bits per heavy atom. The van der Waals surface area contributed by atoms with Crippen LogP contribution < -0.4 is 4.74 Å². The Labute approximate surface area is 151 Å². The number of hydrogen-bond donors (Lipinski definition) is 5. The fraction of sp³-hybridized carbons (Fsp3) is 0.375. The smallest absolute Gasteiger partial charge is 0.231 e. The van der Waals surface area contributed by atoms with Gasteiger partial charge in [0.05, 0.1) is 23.2 Å². The first-order valence-corrected chi connectivity index (χ1v) is 8.58. The van der Waals surface area contributed by atoms with Gasteiger partial charge in [-0.3, -0.25) is 4.79 Å². The van der Waals surface area contributed by atoms with Gasteiger partial charge in [0.15, 0.2) is 12.1 Å². The van der Waals surface area contributed by atoms with E-state index in [4.69, 9.17) is 9.47 Å². The summed E-state index contributed by atoms with van der Waals surface area (Å²) in [7, 11) is 0. The van der Waals surface area contributed by atoms with Crippen LogP contribution in [0.1, 0.15) is 16.1 Å². The van der Waals surface area contributed by atoms with Crippen LogP contribution in [0.5, 0.6) is 11.5 Å². The lowest BCUT2D eigenvalue weighted by atomic mass is 10.0. The highest BCUT2D eigenvalue weighted by Crippen LogP contribution is 2.28. The Morgan fingerprint density at radius 1 is 1.19 bits per heavy atom. The van der Waals surface area contributed by atoms with E-state index in [1.165, 1.54) is 23.5 Å². The van der Waals surface area contributed by atoms with Gasteiger partial charge in [0.2, 0.25) is 6.29 Å². The molecule has 0 aliphatic carbocycles. The third-order valence-electron chi connectivity index (χ3n) is 3.89. The first-order chi connectivity index (χ1) is 12.4. The molecule has 0 amide bonds. The second-order valence-electron chi connectivity index (χ2n) is 5.74. The Balaban J connectivity index is 1.70. The number of aromatic nitrogens is 1. The molecule has 5 unspecified atom stereocenters. The van der Waals surface area contributed by atoms with Crippen LogP contribution in [0.3, 0.4) is 0 Å². The maximum absolute atomic E-state index is 12.2. The molecule has 5 atom stereocenters. The minimum absolute atomic E-state index is 0.0348. The third kappa shape index (κ3) is 3.85. The largest absolute Gasteiger partial charge is 0.507 e. The van der Waals surface area contributed by atoms with Gasteiger partial charge in [-0.05, 0) is 12.1 Å². The quantitative estimate of drug-likeness (QED) is 0.427. The van der Waals surface area contributed by atoms with Gasteiger partial charge >= 0.3 is 0 Å². The molecule has 3 rings (SSSR count). The maximum atomic E-state index is 12.2. The fourth-order valence-corrected chi connectivity index (χ4v) is 3.03. The molecule has 1 aliphatic heterocycles. The summed E-state index contributed by atoms with van der Waals surface area (Å²) in [5, 5.41) is 50.2. The van der Waals surface area contributed by atoms with Crippen LogP contribution in [-0.2, 0) is 11.2 Å². The zero-order valence-electron chi connectivity index (χ0n) is 13.3. The predicted octanol–water partition coefficient (Wildman–Crippen LogP) is -0.590. The number of ketones is 1. The second-order valence-corrected chi connectivity index (χ2v) is 6.46. The number of Topliss-reactive ketones (excluding diaryl/α,β-unsaturated/α-hetero) is 1. The number of carbonyl (C=O) groups excluding carboxylic acids is 1. The molecule has 1 aromatic carbocycles. The molecule has 140 valence electrons. The Kier molecular flexibility index (Phi) is 5.51. The van der Waals surface area contributed by atoms with E-state index in [0.717, 1.165) is 6.07 Å². The standard InChI is InChI=1S/C16H17NO8S/c18-10(3-7-5-26-6-17-7)9-2-1-8(4-11(9)19)24-16-14(22)12(20)13(21)15(23)25-16/h1-2,4-6,12-16,19-23H,3H2. The number of aromatic hydroxyl groups is 1. The number of ether oxygens (including phenoxy) is 2. The third-order valence-corrected chi connectivity index (χ3v) is 4.53. The monoisotopic (exact) mass is 383 g/mol. The minimum atomic E-state index is -1.74. The topological polar surface area (TPSA) is 150 Å². The van der Waals surface area contributed by atoms with Crippen molar-refractivity contribution in [3.8, 4) is 11.5 Å². The van der Waals surface area contributed by atoms with Crippen molar-refractivity contribution < 1.29 is 39.8 Å². The summed E-state index contributed by atoms with van der Waals surface area (Å²) in [6.07, 6.45) is -8.15. The van der Waals surface area contributed by atoms with Crippen LogP contribution in [0.2, 0.25) is 0 Å². The number of rotatable bonds is 5. The predicted molar refractivity (Wildman–Crippen MR) is 87.8 cm³/mol. The molecular formula is C16H17NO8S.